The lowest BCUT2D eigenvalue weighted by Crippen LogP contribution is -2.16. The highest BCUT2D eigenvalue weighted by atomic mass is 16.1. The summed E-state index contributed by atoms with van der Waals surface area (Å²) in [5.74, 6) is 0.689. The largest absolute Gasteiger partial charge is 0.294 e. The fourth-order valence-corrected chi connectivity index (χ4v) is 3.14. The van der Waals surface area contributed by atoms with Crippen molar-refractivity contribution < 1.29 is 4.79 Å². The van der Waals surface area contributed by atoms with Gasteiger partial charge in [-0.05, 0) is 42.9 Å². The van der Waals surface area contributed by atoms with Gasteiger partial charge in [-0.2, -0.15) is 0 Å². The monoisotopic (exact) mass is 258 g/mol. The van der Waals surface area contributed by atoms with Gasteiger partial charge in [0.1, 0.15) is 0 Å². The predicted molar refractivity (Wildman–Crippen MR) is 80.7 cm³/mol. The minimum atomic E-state index is 0.278. The Hall–Kier alpha value is -1.11. The van der Waals surface area contributed by atoms with Crippen LogP contribution in [0.3, 0.4) is 0 Å². The number of carbonyl (C=O) groups excluding carboxylic acids is 1. The lowest BCUT2D eigenvalue weighted by Gasteiger charge is -2.16. The van der Waals surface area contributed by atoms with Crippen LogP contribution in [0.1, 0.15) is 73.9 Å². The summed E-state index contributed by atoms with van der Waals surface area (Å²) in [6.07, 6.45) is 9.22. The summed E-state index contributed by atoms with van der Waals surface area (Å²) in [5.41, 5.74) is 3.52. The van der Waals surface area contributed by atoms with E-state index in [2.05, 4.69) is 32.0 Å². The van der Waals surface area contributed by atoms with Gasteiger partial charge in [0.2, 0.25) is 0 Å². The second kappa shape index (κ2) is 6.88. The molecule has 0 spiro atoms. The summed E-state index contributed by atoms with van der Waals surface area (Å²) in [6, 6.07) is 6.47. The molecule has 0 radical (unpaired) electrons. The number of ketones is 1. The standard InChI is InChI=1S/C18H26O/c1-3-14-11-12-15(4-2)17(13-14)18(19)16-9-7-5-6-8-10-16/h11-13,16H,3-10H2,1-2H3. The number of benzene rings is 1. The molecule has 1 nitrogen and oxygen atoms in total. The van der Waals surface area contributed by atoms with E-state index >= 15 is 0 Å². The van der Waals surface area contributed by atoms with Crippen molar-refractivity contribution in [2.75, 3.05) is 0 Å². The molecule has 104 valence electrons. The van der Waals surface area contributed by atoms with Crippen molar-refractivity contribution in [3.63, 3.8) is 0 Å². The molecule has 0 amide bonds. The van der Waals surface area contributed by atoms with E-state index in [0.29, 0.717) is 5.78 Å². The smallest absolute Gasteiger partial charge is 0.166 e. The average molecular weight is 258 g/mol. The number of aryl methyl sites for hydroxylation is 2. The highest BCUT2D eigenvalue weighted by Crippen LogP contribution is 2.28. The molecule has 0 unspecified atom stereocenters. The van der Waals surface area contributed by atoms with Crippen molar-refractivity contribution in [1.82, 2.24) is 0 Å². The molecule has 0 aliphatic heterocycles. The minimum absolute atomic E-state index is 0.278. The van der Waals surface area contributed by atoms with Crippen LogP contribution in [-0.4, -0.2) is 5.78 Å². The lowest BCUT2D eigenvalue weighted by atomic mass is 9.87. The zero-order valence-electron chi connectivity index (χ0n) is 12.4. The van der Waals surface area contributed by atoms with Crippen LogP contribution in [0.4, 0.5) is 0 Å². The third-order valence-corrected chi connectivity index (χ3v) is 4.45. The maximum atomic E-state index is 12.8. The fourth-order valence-electron chi connectivity index (χ4n) is 3.14. The summed E-state index contributed by atoms with van der Waals surface area (Å²) in [4.78, 5) is 12.8. The number of hydrogen-bond acceptors (Lipinski definition) is 1. The van der Waals surface area contributed by atoms with Crippen LogP contribution in [0, 0.1) is 5.92 Å². The van der Waals surface area contributed by atoms with Crippen LogP contribution >= 0.6 is 0 Å². The zero-order valence-corrected chi connectivity index (χ0v) is 12.4. The van der Waals surface area contributed by atoms with Crippen molar-refractivity contribution in [3.05, 3.63) is 34.9 Å². The summed E-state index contributed by atoms with van der Waals surface area (Å²) in [5, 5.41) is 0. The Morgan fingerprint density at radius 1 is 1.05 bits per heavy atom. The Morgan fingerprint density at radius 2 is 1.74 bits per heavy atom. The first-order valence-corrected chi connectivity index (χ1v) is 7.92. The molecule has 1 aromatic carbocycles. The zero-order chi connectivity index (χ0) is 13.7. The van der Waals surface area contributed by atoms with Gasteiger partial charge in [-0.3, -0.25) is 4.79 Å². The molecule has 0 atom stereocenters. The number of rotatable bonds is 4. The summed E-state index contributed by atoms with van der Waals surface area (Å²) >= 11 is 0. The lowest BCUT2D eigenvalue weighted by molar-refractivity contribution is 0.0907. The van der Waals surface area contributed by atoms with Crippen LogP contribution in [0.2, 0.25) is 0 Å². The Bertz CT molecular complexity index is 425. The first-order valence-electron chi connectivity index (χ1n) is 7.92. The first-order chi connectivity index (χ1) is 9.26. The Morgan fingerprint density at radius 3 is 2.32 bits per heavy atom. The van der Waals surface area contributed by atoms with Gasteiger partial charge in [0.15, 0.2) is 5.78 Å². The van der Waals surface area contributed by atoms with Gasteiger partial charge in [-0.1, -0.05) is 51.7 Å². The summed E-state index contributed by atoms with van der Waals surface area (Å²) in [7, 11) is 0. The van der Waals surface area contributed by atoms with Crippen molar-refractivity contribution in [3.8, 4) is 0 Å². The molecule has 0 N–H and O–H groups in total. The predicted octanol–water partition coefficient (Wildman–Crippen LogP) is 4.96. The van der Waals surface area contributed by atoms with Gasteiger partial charge in [0.05, 0.1) is 0 Å². The molecular formula is C18H26O. The molecule has 1 fully saturated rings. The summed E-state index contributed by atoms with van der Waals surface area (Å²) < 4.78 is 0. The van der Waals surface area contributed by atoms with Crippen molar-refractivity contribution in [2.24, 2.45) is 5.92 Å². The molecule has 1 saturated carbocycles. The molecular weight excluding hydrogens is 232 g/mol. The van der Waals surface area contributed by atoms with Crippen LogP contribution in [0.25, 0.3) is 0 Å². The van der Waals surface area contributed by atoms with E-state index in [0.717, 1.165) is 31.2 Å². The topological polar surface area (TPSA) is 17.1 Å². The number of carbonyl (C=O) groups is 1. The second-order valence-electron chi connectivity index (χ2n) is 5.75. The first kappa shape index (κ1) is 14.3. The van der Waals surface area contributed by atoms with E-state index in [1.807, 2.05) is 0 Å². The molecule has 0 heterocycles. The Labute approximate surface area is 117 Å². The van der Waals surface area contributed by atoms with E-state index in [1.165, 1.54) is 36.8 Å². The SMILES string of the molecule is CCc1ccc(CC)c(C(=O)C2CCCCCC2)c1. The molecule has 2 rings (SSSR count). The highest BCUT2D eigenvalue weighted by molar-refractivity contribution is 5.99. The van der Waals surface area contributed by atoms with Crippen LogP contribution < -0.4 is 0 Å². The third-order valence-electron chi connectivity index (χ3n) is 4.45. The fraction of sp³-hybridized carbons (Fsp3) is 0.611. The van der Waals surface area contributed by atoms with Gasteiger partial charge in [0, 0.05) is 11.5 Å². The second-order valence-corrected chi connectivity index (χ2v) is 5.75. The van der Waals surface area contributed by atoms with E-state index in [4.69, 9.17) is 0 Å². The number of Topliss-reactive ketones (excluding diaryl/α,β-unsaturated/α-hetero) is 1. The average Bonchev–Trinajstić information content (AvgIpc) is 2.74. The summed E-state index contributed by atoms with van der Waals surface area (Å²) in [6.45, 7) is 4.30. The highest BCUT2D eigenvalue weighted by Gasteiger charge is 2.23. The molecule has 0 aromatic heterocycles. The number of hydrogen-bond donors (Lipinski definition) is 0. The van der Waals surface area contributed by atoms with Crippen LogP contribution in [-0.2, 0) is 12.8 Å². The van der Waals surface area contributed by atoms with Crippen molar-refractivity contribution in [1.29, 1.82) is 0 Å². The molecule has 19 heavy (non-hydrogen) atoms. The Balaban J connectivity index is 2.25. The van der Waals surface area contributed by atoms with Crippen LogP contribution in [0.15, 0.2) is 18.2 Å². The molecule has 1 heteroatoms. The van der Waals surface area contributed by atoms with Gasteiger partial charge in [-0.15, -0.1) is 0 Å². The third kappa shape index (κ3) is 3.46. The molecule has 1 aromatic rings. The minimum Gasteiger partial charge on any atom is -0.294 e. The molecule has 0 saturated heterocycles. The normalized spacial score (nSPS) is 17.2. The van der Waals surface area contributed by atoms with E-state index in [9.17, 15) is 4.79 Å². The van der Waals surface area contributed by atoms with E-state index in [1.54, 1.807) is 0 Å². The van der Waals surface area contributed by atoms with Gasteiger partial charge < -0.3 is 0 Å². The Kier molecular flexibility index (Phi) is 5.18. The quantitative estimate of drug-likeness (QED) is 0.551. The molecule has 1 aliphatic carbocycles. The molecule has 1 aliphatic rings. The molecule has 0 bridgehead atoms. The van der Waals surface area contributed by atoms with Gasteiger partial charge >= 0.3 is 0 Å². The van der Waals surface area contributed by atoms with Crippen molar-refractivity contribution in [2.45, 2.75) is 65.2 Å². The van der Waals surface area contributed by atoms with E-state index < -0.39 is 0 Å². The van der Waals surface area contributed by atoms with E-state index in [-0.39, 0.29) is 5.92 Å². The maximum Gasteiger partial charge on any atom is 0.166 e. The maximum absolute atomic E-state index is 12.8. The van der Waals surface area contributed by atoms with Crippen LogP contribution in [0.5, 0.6) is 0 Å². The van der Waals surface area contributed by atoms with Gasteiger partial charge in [-0.25, -0.2) is 0 Å². The van der Waals surface area contributed by atoms with Gasteiger partial charge in [0.25, 0.3) is 0 Å². The van der Waals surface area contributed by atoms with Crippen molar-refractivity contribution >= 4 is 5.78 Å².